The number of hydrogen-bond donors (Lipinski definition) is 1. The van der Waals surface area contributed by atoms with E-state index in [9.17, 15) is 18.0 Å². The third-order valence-electron chi connectivity index (χ3n) is 13.3. The fourth-order valence-corrected chi connectivity index (χ4v) is 10.6. The summed E-state index contributed by atoms with van der Waals surface area (Å²) < 4.78 is 37.6. The van der Waals surface area contributed by atoms with Gasteiger partial charge in [-0.25, -0.2) is 13.1 Å². The highest BCUT2D eigenvalue weighted by Crippen LogP contribution is 2.48. The lowest BCUT2D eigenvalue weighted by Gasteiger charge is -2.38. The van der Waals surface area contributed by atoms with Crippen molar-refractivity contribution in [3.63, 3.8) is 0 Å². The van der Waals surface area contributed by atoms with E-state index >= 15 is 0 Å². The number of aromatic nitrogens is 4. The number of fused-ring (bicyclic) bond motifs is 7. The topological polar surface area (TPSA) is 132 Å². The van der Waals surface area contributed by atoms with Crippen molar-refractivity contribution in [1.82, 2.24) is 33.9 Å². The predicted molar refractivity (Wildman–Crippen MR) is 230 cm³/mol. The number of carbonyl (C=O) groups excluding carboxylic acids is 2. The van der Waals surface area contributed by atoms with E-state index in [1.165, 1.54) is 12.0 Å². The number of methoxy groups -OCH3 is 1. The van der Waals surface area contributed by atoms with E-state index < -0.39 is 21.2 Å². The molecular formula is C46H53N7O5S. The number of hydrogen-bond acceptors (Lipinski definition) is 8. The molecule has 2 amide bonds. The first-order valence-electron chi connectivity index (χ1n) is 21.0. The number of likely N-dealkylation sites (tertiary alicyclic amines) is 1. The van der Waals surface area contributed by atoms with Crippen LogP contribution < -0.4 is 9.46 Å². The van der Waals surface area contributed by atoms with E-state index in [0.29, 0.717) is 48.8 Å². The van der Waals surface area contributed by atoms with Gasteiger partial charge in [-0.2, -0.15) is 5.10 Å². The van der Waals surface area contributed by atoms with Crippen molar-refractivity contribution in [2.45, 2.75) is 102 Å². The molecule has 3 fully saturated rings. The monoisotopic (exact) mass is 815 g/mol. The highest BCUT2D eigenvalue weighted by molar-refractivity contribution is 7.90. The number of pyridine rings is 1. The fourth-order valence-electron chi connectivity index (χ4n) is 9.99. The molecule has 4 aliphatic rings. The van der Waals surface area contributed by atoms with Gasteiger partial charge in [-0.05, 0) is 124 Å². The summed E-state index contributed by atoms with van der Waals surface area (Å²) in [7, 11) is 0.0696. The Hall–Kier alpha value is -5.27. The number of piperazine rings is 1. The van der Waals surface area contributed by atoms with Crippen molar-refractivity contribution in [3.8, 4) is 22.7 Å². The molecule has 1 saturated carbocycles. The summed E-state index contributed by atoms with van der Waals surface area (Å²) in [6.07, 6.45) is 15.3. The number of nitrogens with one attached hydrogen (secondary N) is 1. The second kappa shape index (κ2) is 15.4. The summed E-state index contributed by atoms with van der Waals surface area (Å²) in [5.74, 6) is 0.474. The maximum atomic E-state index is 14.9. The Morgan fingerprint density at radius 1 is 0.949 bits per heavy atom. The Bertz CT molecular complexity index is 2600. The summed E-state index contributed by atoms with van der Waals surface area (Å²) in [4.78, 5) is 37.0. The molecule has 2 aromatic carbocycles. The van der Waals surface area contributed by atoms with Gasteiger partial charge < -0.3 is 14.2 Å². The molecular weight excluding hydrogens is 763 g/mol. The lowest BCUT2D eigenvalue weighted by Crippen LogP contribution is -2.53. The minimum Gasteiger partial charge on any atom is -0.497 e. The van der Waals surface area contributed by atoms with Gasteiger partial charge in [-0.3, -0.25) is 24.2 Å². The maximum Gasteiger partial charge on any atom is 0.257 e. The molecule has 12 nitrogen and oxygen atoms in total. The summed E-state index contributed by atoms with van der Waals surface area (Å²) in [5, 5.41) is 5.37. The number of carbonyl (C=O) groups is 2. The van der Waals surface area contributed by atoms with Gasteiger partial charge in [-0.1, -0.05) is 31.4 Å². The molecule has 9 rings (SSSR count). The quantitative estimate of drug-likeness (QED) is 0.167. The average molecular weight is 816 g/mol. The first-order chi connectivity index (χ1) is 28.4. The highest BCUT2D eigenvalue weighted by Gasteiger charge is 2.41. The van der Waals surface area contributed by atoms with Crippen LogP contribution >= 0.6 is 0 Å². The van der Waals surface area contributed by atoms with Gasteiger partial charge in [0.15, 0.2) is 0 Å². The fraction of sp³-hybridized carbons (Fsp3) is 0.435. The molecule has 13 heteroatoms. The number of ether oxygens (including phenoxy) is 1. The van der Waals surface area contributed by atoms with Crippen LogP contribution in [0.4, 0.5) is 0 Å². The Balaban J connectivity index is 1.25. The van der Waals surface area contributed by atoms with E-state index in [4.69, 9.17) is 9.84 Å². The van der Waals surface area contributed by atoms with Crippen LogP contribution in [0.3, 0.4) is 0 Å². The van der Waals surface area contributed by atoms with Crippen molar-refractivity contribution in [3.05, 3.63) is 94.6 Å². The van der Waals surface area contributed by atoms with E-state index in [1.54, 1.807) is 33.4 Å². The normalized spacial score (nSPS) is 19.7. The van der Waals surface area contributed by atoms with Crippen LogP contribution in [0.5, 0.6) is 5.75 Å². The molecule has 6 heterocycles. The highest BCUT2D eigenvalue weighted by atomic mass is 32.2. The molecule has 2 bridgehead atoms. The Labute approximate surface area is 346 Å². The van der Waals surface area contributed by atoms with Crippen LogP contribution in [0.2, 0.25) is 0 Å². The molecule has 3 aliphatic heterocycles. The zero-order chi connectivity index (χ0) is 41.2. The molecule has 0 spiro atoms. The van der Waals surface area contributed by atoms with Crippen molar-refractivity contribution >= 4 is 44.4 Å². The van der Waals surface area contributed by atoms with Gasteiger partial charge in [0.2, 0.25) is 15.9 Å². The number of allylic oxidation sites excluding steroid dienone is 1. The average Bonchev–Trinajstić information content (AvgIpc) is 3.80. The van der Waals surface area contributed by atoms with Crippen LogP contribution in [0.15, 0.2) is 61.1 Å². The maximum absolute atomic E-state index is 14.9. The molecule has 59 heavy (non-hydrogen) atoms. The second-order valence-corrected chi connectivity index (χ2v) is 19.4. The Kier molecular flexibility index (Phi) is 10.2. The Morgan fingerprint density at radius 2 is 1.71 bits per heavy atom. The largest absolute Gasteiger partial charge is 0.497 e. The summed E-state index contributed by atoms with van der Waals surface area (Å²) in [6, 6.07) is 15.0. The summed E-state index contributed by atoms with van der Waals surface area (Å²) >= 11 is 0. The van der Waals surface area contributed by atoms with Crippen LogP contribution in [0.25, 0.3) is 39.5 Å². The van der Waals surface area contributed by atoms with E-state index in [-0.39, 0.29) is 12.3 Å². The smallest absolute Gasteiger partial charge is 0.257 e. The van der Waals surface area contributed by atoms with Gasteiger partial charge in [0.1, 0.15) is 5.75 Å². The summed E-state index contributed by atoms with van der Waals surface area (Å²) in [6.45, 7) is 6.88. The molecule has 0 radical (unpaired) electrons. The molecule has 2 saturated heterocycles. The minimum atomic E-state index is -3.78. The number of nitrogens with zero attached hydrogens (tertiary/aromatic N) is 6. The standard InChI is InChI=1S/C46H53N7O5S/c1-28(2)59(56,57)49-42(54)20-30-11-15-38-41(19-30)52-25-33(21-32-22-36(58-5)14-16-37(32)45(52)43(38)31-9-7-6-8-10-31)44-39(24-48-53(44)40-17-18-47-23-29(40)3)46(55)51-26-34-12-13-35(27-51)50(34)4/h11,14-19,21-24,28,31,34-35H,6-10,12-13,20,25-27H2,1-5H3,(H,49,54). The van der Waals surface area contributed by atoms with Gasteiger partial charge in [-0.15, -0.1) is 0 Å². The molecule has 308 valence electrons. The van der Waals surface area contributed by atoms with Crippen LogP contribution in [-0.4, -0.2) is 93.9 Å². The summed E-state index contributed by atoms with van der Waals surface area (Å²) in [5.41, 5.74) is 10.1. The molecule has 1 aliphatic carbocycles. The van der Waals surface area contributed by atoms with E-state index in [1.807, 2.05) is 40.9 Å². The number of rotatable bonds is 9. The second-order valence-electron chi connectivity index (χ2n) is 17.2. The number of likely N-dealkylation sites (N-methyl/N-ethyl adjacent to an activating group) is 1. The number of benzene rings is 2. The number of amides is 2. The van der Waals surface area contributed by atoms with Crippen LogP contribution in [0, 0.1) is 6.92 Å². The molecule has 1 N–H and O–H groups in total. The molecule has 2 unspecified atom stereocenters. The van der Waals surface area contributed by atoms with Crippen molar-refractivity contribution in [1.29, 1.82) is 0 Å². The third kappa shape index (κ3) is 7.05. The minimum absolute atomic E-state index is 0.0240. The van der Waals surface area contributed by atoms with Crippen LogP contribution in [-0.2, 0) is 27.8 Å². The van der Waals surface area contributed by atoms with Crippen molar-refractivity contribution < 1.29 is 22.7 Å². The molecule has 2 atom stereocenters. The van der Waals surface area contributed by atoms with Crippen molar-refractivity contribution in [2.24, 2.45) is 0 Å². The van der Waals surface area contributed by atoms with Crippen molar-refractivity contribution in [2.75, 3.05) is 27.2 Å². The first-order valence-corrected chi connectivity index (χ1v) is 22.6. The van der Waals surface area contributed by atoms with Crippen LogP contribution in [0.1, 0.15) is 103 Å². The predicted octanol–water partition coefficient (Wildman–Crippen LogP) is 7.12. The van der Waals surface area contributed by atoms with Gasteiger partial charge in [0.05, 0.1) is 54.2 Å². The molecule has 3 aromatic heterocycles. The SMILES string of the molecule is COc1ccc2c(c1)C=C(c1c(C(=O)N3CC4CCC(C3)N4C)cnn1-c1ccncc1C)Cn1c-2c(C2CCCCC2)c2ccc(CC(=O)NS(=O)(=O)C(C)C)cc21. The molecule has 5 aromatic rings. The van der Waals surface area contributed by atoms with Gasteiger partial charge in [0, 0.05) is 54.0 Å². The number of aryl methyl sites for hydroxylation is 1. The van der Waals surface area contributed by atoms with Gasteiger partial charge >= 0.3 is 0 Å². The van der Waals surface area contributed by atoms with E-state index in [0.717, 1.165) is 94.5 Å². The van der Waals surface area contributed by atoms with E-state index in [2.05, 4.69) is 56.6 Å². The Morgan fingerprint density at radius 3 is 2.42 bits per heavy atom. The lowest BCUT2D eigenvalue weighted by molar-refractivity contribution is -0.118. The third-order valence-corrected chi connectivity index (χ3v) is 15.0. The van der Waals surface area contributed by atoms with Gasteiger partial charge in [0.25, 0.3) is 5.91 Å². The zero-order valence-corrected chi connectivity index (χ0v) is 35.4. The number of sulfonamides is 1. The zero-order valence-electron chi connectivity index (χ0n) is 34.6. The first kappa shape index (κ1) is 39.2. The lowest BCUT2D eigenvalue weighted by atomic mass is 9.81.